The summed E-state index contributed by atoms with van der Waals surface area (Å²) in [5.41, 5.74) is 2.21. The highest BCUT2D eigenvalue weighted by molar-refractivity contribution is 6.10. The number of fused-ring (bicyclic) bond motifs is 2. The average molecular weight is 500 g/mol. The number of amides is 1. The molecule has 188 valence electrons. The first-order valence-electron chi connectivity index (χ1n) is 12.2. The first-order valence-corrected chi connectivity index (χ1v) is 12.2. The second-order valence-electron chi connectivity index (χ2n) is 8.65. The van der Waals surface area contributed by atoms with Crippen LogP contribution in [-0.4, -0.2) is 19.1 Å². The van der Waals surface area contributed by atoms with Gasteiger partial charge in [0.2, 0.25) is 5.76 Å². The van der Waals surface area contributed by atoms with Gasteiger partial charge in [-0.25, -0.2) is 4.39 Å². The Morgan fingerprint density at radius 1 is 1.00 bits per heavy atom. The molecule has 0 spiro atoms. The Morgan fingerprint density at radius 2 is 1.78 bits per heavy atom. The van der Waals surface area contributed by atoms with Crippen LogP contribution in [0.3, 0.4) is 0 Å². The molecule has 3 aromatic carbocycles. The van der Waals surface area contributed by atoms with Crippen molar-refractivity contribution in [1.29, 1.82) is 0 Å². The second kappa shape index (κ2) is 9.93. The Balaban J connectivity index is 1.74. The number of halogens is 1. The molecule has 0 bridgehead atoms. The topological polar surface area (TPSA) is 69.0 Å². The fourth-order valence-corrected chi connectivity index (χ4v) is 4.65. The molecule has 7 heteroatoms. The van der Waals surface area contributed by atoms with Gasteiger partial charge in [0.25, 0.3) is 5.91 Å². The van der Waals surface area contributed by atoms with Crippen molar-refractivity contribution < 1.29 is 23.1 Å². The molecule has 1 aromatic heterocycles. The summed E-state index contributed by atoms with van der Waals surface area (Å²) >= 11 is 0. The van der Waals surface area contributed by atoms with E-state index in [1.165, 1.54) is 12.1 Å². The lowest BCUT2D eigenvalue weighted by atomic mass is 9.97. The van der Waals surface area contributed by atoms with Crippen LogP contribution < -0.4 is 19.8 Å². The van der Waals surface area contributed by atoms with Crippen molar-refractivity contribution in [2.75, 3.05) is 18.1 Å². The average Bonchev–Trinajstić information content (AvgIpc) is 3.21. The lowest BCUT2D eigenvalue weighted by Gasteiger charge is -2.26. The maximum absolute atomic E-state index is 14.1. The predicted octanol–water partition coefficient (Wildman–Crippen LogP) is 6.21. The normalized spacial score (nSPS) is 14.6. The number of nitrogens with zero attached hydrogens (tertiary/aromatic N) is 1. The number of ether oxygens (including phenoxy) is 2. The molecular weight excluding hydrogens is 473 g/mol. The Morgan fingerprint density at radius 3 is 2.49 bits per heavy atom. The molecule has 0 saturated carbocycles. The molecule has 37 heavy (non-hydrogen) atoms. The molecule has 1 amide bonds. The molecule has 0 saturated heterocycles. The monoisotopic (exact) mass is 499 g/mol. The van der Waals surface area contributed by atoms with E-state index in [9.17, 15) is 14.0 Å². The van der Waals surface area contributed by atoms with Crippen molar-refractivity contribution in [1.82, 2.24) is 0 Å². The fraction of sp³-hybridized carbons (Fsp3) is 0.200. The van der Waals surface area contributed by atoms with E-state index < -0.39 is 23.2 Å². The predicted molar refractivity (Wildman–Crippen MR) is 140 cm³/mol. The highest BCUT2D eigenvalue weighted by atomic mass is 19.1. The molecule has 6 nitrogen and oxygen atoms in total. The summed E-state index contributed by atoms with van der Waals surface area (Å²) in [5.74, 6) is -0.0760. The molecule has 1 unspecified atom stereocenters. The third kappa shape index (κ3) is 4.27. The molecule has 0 aliphatic carbocycles. The van der Waals surface area contributed by atoms with Gasteiger partial charge in [-0.2, -0.15) is 0 Å². The van der Waals surface area contributed by atoms with Crippen molar-refractivity contribution in [2.24, 2.45) is 0 Å². The largest absolute Gasteiger partial charge is 0.490 e. The number of rotatable bonds is 8. The Hall–Kier alpha value is -4.39. The third-order valence-corrected chi connectivity index (χ3v) is 6.39. The minimum atomic E-state index is -0.813. The first kappa shape index (κ1) is 24.3. The number of anilines is 1. The molecule has 2 heterocycles. The van der Waals surface area contributed by atoms with Gasteiger partial charge >= 0.3 is 0 Å². The molecule has 4 aromatic rings. The van der Waals surface area contributed by atoms with Gasteiger partial charge in [-0.1, -0.05) is 37.8 Å². The number of aryl methyl sites for hydroxylation is 1. The SMILES string of the molecule is C=CCOc1ccc(C2c3c(oc4ccc(F)cc4c3=O)C(=O)N2c2ccc(CC)cc2)cc1OCC. The smallest absolute Gasteiger partial charge is 0.295 e. The summed E-state index contributed by atoms with van der Waals surface area (Å²) in [6, 6.07) is 15.8. The highest BCUT2D eigenvalue weighted by Crippen LogP contribution is 2.43. The van der Waals surface area contributed by atoms with Crippen molar-refractivity contribution in [3.05, 3.63) is 112 Å². The van der Waals surface area contributed by atoms with Crippen molar-refractivity contribution in [3.63, 3.8) is 0 Å². The third-order valence-electron chi connectivity index (χ3n) is 6.39. The fourth-order valence-electron chi connectivity index (χ4n) is 4.65. The highest BCUT2D eigenvalue weighted by Gasteiger charge is 2.44. The van der Waals surface area contributed by atoms with Crippen LogP contribution in [0.2, 0.25) is 0 Å². The second-order valence-corrected chi connectivity index (χ2v) is 8.65. The van der Waals surface area contributed by atoms with Crippen LogP contribution in [0.15, 0.2) is 82.5 Å². The maximum Gasteiger partial charge on any atom is 0.295 e. The zero-order chi connectivity index (χ0) is 26.1. The Kier molecular flexibility index (Phi) is 6.53. The van der Waals surface area contributed by atoms with Gasteiger partial charge in [0, 0.05) is 5.69 Å². The van der Waals surface area contributed by atoms with E-state index in [1.807, 2.05) is 38.1 Å². The summed E-state index contributed by atoms with van der Waals surface area (Å²) in [7, 11) is 0. The minimum absolute atomic E-state index is 0.0568. The van der Waals surface area contributed by atoms with E-state index in [1.54, 1.807) is 29.2 Å². The summed E-state index contributed by atoms with van der Waals surface area (Å²) in [4.78, 5) is 29.0. The standard InChI is InChI=1S/C30H26FNO5/c1-4-15-36-24-13-9-19(16-25(24)35-6-3)27-26-28(33)22-17-20(31)10-14-23(22)37-29(26)30(34)32(27)21-11-7-18(5-2)8-12-21/h4,7-14,16-17,27H,1,5-6,15H2,2-3H3. The molecule has 1 atom stereocenters. The van der Waals surface area contributed by atoms with Crippen LogP contribution in [-0.2, 0) is 6.42 Å². The molecular formula is C30H26FNO5. The minimum Gasteiger partial charge on any atom is -0.490 e. The lowest BCUT2D eigenvalue weighted by Crippen LogP contribution is -2.29. The van der Waals surface area contributed by atoms with Crippen LogP contribution in [0.1, 0.15) is 47.1 Å². The van der Waals surface area contributed by atoms with Gasteiger partial charge in [0.05, 0.1) is 23.6 Å². The van der Waals surface area contributed by atoms with Gasteiger partial charge in [-0.3, -0.25) is 14.5 Å². The number of carbonyl (C=O) groups excluding carboxylic acids is 1. The number of carbonyl (C=O) groups is 1. The number of hydrogen-bond donors (Lipinski definition) is 0. The zero-order valence-electron chi connectivity index (χ0n) is 20.6. The first-order chi connectivity index (χ1) is 18.0. The molecule has 1 aliphatic heterocycles. The summed E-state index contributed by atoms with van der Waals surface area (Å²) < 4.78 is 31.6. The maximum atomic E-state index is 14.1. The van der Waals surface area contributed by atoms with Gasteiger partial charge in [0.15, 0.2) is 16.9 Å². The summed E-state index contributed by atoms with van der Waals surface area (Å²) in [6.45, 7) is 8.27. The summed E-state index contributed by atoms with van der Waals surface area (Å²) in [6.07, 6.45) is 2.48. The van der Waals surface area contributed by atoms with Crippen LogP contribution in [0, 0.1) is 5.82 Å². The zero-order valence-corrected chi connectivity index (χ0v) is 20.6. The summed E-state index contributed by atoms with van der Waals surface area (Å²) in [5, 5.41) is 0.0794. The van der Waals surface area contributed by atoms with Gasteiger partial charge in [-0.05, 0) is 66.9 Å². The van der Waals surface area contributed by atoms with E-state index in [0.717, 1.165) is 18.1 Å². The molecule has 5 rings (SSSR count). The molecule has 1 aliphatic rings. The van der Waals surface area contributed by atoms with E-state index >= 15 is 0 Å². The van der Waals surface area contributed by atoms with Crippen molar-refractivity contribution in [3.8, 4) is 11.5 Å². The van der Waals surface area contributed by atoms with Gasteiger partial charge in [0.1, 0.15) is 18.0 Å². The van der Waals surface area contributed by atoms with Crippen molar-refractivity contribution >= 4 is 22.6 Å². The lowest BCUT2D eigenvalue weighted by molar-refractivity contribution is 0.0971. The number of hydrogen-bond acceptors (Lipinski definition) is 5. The van der Waals surface area contributed by atoms with Gasteiger partial charge in [-0.15, -0.1) is 0 Å². The molecule has 0 radical (unpaired) electrons. The van der Waals surface area contributed by atoms with E-state index in [0.29, 0.717) is 36.0 Å². The van der Waals surface area contributed by atoms with E-state index in [4.69, 9.17) is 13.9 Å². The molecule has 0 N–H and O–H groups in total. The van der Waals surface area contributed by atoms with Crippen LogP contribution in [0.4, 0.5) is 10.1 Å². The van der Waals surface area contributed by atoms with Gasteiger partial charge < -0.3 is 13.9 Å². The van der Waals surface area contributed by atoms with Crippen LogP contribution in [0.25, 0.3) is 11.0 Å². The van der Waals surface area contributed by atoms with E-state index in [-0.39, 0.29) is 22.3 Å². The van der Waals surface area contributed by atoms with E-state index in [2.05, 4.69) is 6.58 Å². The number of benzene rings is 3. The Bertz CT molecular complexity index is 1560. The Labute approximate surface area is 213 Å². The van der Waals surface area contributed by atoms with Crippen LogP contribution >= 0.6 is 0 Å². The van der Waals surface area contributed by atoms with Crippen molar-refractivity contribution in [2.45, 2.75) is 26.3 Å². The molecule has 0 fully saturated rings. The quantitative estimate of drug-likeness (QED) is 0.270. The van der Waals surface area contributed by atoms with Crippen LogP contribution in [0.5, 0.6) is 11.5 Å².